The lowest BCUT2D eigenvalue weighted by Crippen LogP contribution is -2.43. The highest BCUT2D eigenvalue weighted by molar-refractivity contribution is 5.21. The maximum atomic E-state index is 9.45. The van der Waals surface area contributed by atoms with Gasteiger partial charge in [0.15, 0.2) is 0 Å². The molecule has 17 heavy (non-hydrogen) atoms. The summed E-state index contributed by atoms with van der Waals surface area (Å²) < 4.78 is 5.85. The van der Waals surface area contributed by atoms with E-state index in [4.69, 9.17) is 4.74 Å². The second kappa shape index (κ2) is 5.09. The molecule has 0 aliphatic carbocycles. The molecule has 0 aromatic carbocycles. The second-order valence-corrected chi connectivity index (χ2v) is 5.85. The fourth-order valence-corrected chi connectivity index (χ4v) is 3.15. The number of hydrogen-bond donors (Lipinski definition) is 1. The molecule has 0 aromatic heterocycles. The molecule has 2 aliphatic rings. The minimum absolute atomic E-state index is 0.227. The average molecular weight is 239 g/mol. The van der Waals surface area contributed by atoms with Crippen molar-refractivity contribution in [3.8, 4) is 0 Å². The summed E-state index contributed by atoms with van der Waals surface area (Å²) >= 11 is 0. The van der Waals surface area contributed by atoms with Crippen molar-refractivity contribution in [2.45, 2.75) is 57.8 Å². The molecule has 3 nitrogen and oxygen atoms in total. The maximum Gasteiger partial charge on any atom is 0.0695 e. The third-order valence-electron chi connectivity index (χ3n) is 3.85. The summed E-state index contributed by atoms with van der Waals surface area (Å²) in [5.74, 6) is 0. The minimum atomic E-state index is -0.326. The Bertz CT molecular complexity index is 299. The van der Waals surface area contributed by atoms with Gasteiger partial charge in [-0.1, -0.05) is 11.6 Å². The number of nitrogens with zero attached hydrogens (tertiary/aromatic N) is 1. The average Bonchev–Trinajstić information content (AvgIpc) is 2.70. The van der Waals surface area contributed by atoms with E-state index in [1.807, 2.05) is 13.0 Å². The van der Waals surface area contributed by atoms with E-state index in [0.29, 0.717) is 6.10 Å². The first-order valence-corrected chi connectivity index (χ1v) is 6.76. The zero-order valence-electron chi connectivity index (χ0n) is 11.3. The Hall–Kier alpha value is -0.380. The van der Waals surface area contributed by atoms with Crippen LogP contribution in [0.15, 0.2) is 11.6 Å². The largest absolute Gasteiger partial charge is 0.389 e. The SMILES string of the molecule is CC(C)OC[C@@]12CCCN1C/C(=C\[C@H](C)O)C2. The third kappa shape index (κ3) is 2.90. The standard InChI is InChI=1S/C14H25NO2/c1-11(2)17-10-14-5-4-6-15(14)9-13(8-14)7-12(3)16/h7,11-12,16H,4-6,8-10H2,1-3H3/b13-7-/t12-,14-/m0/s1. The van der Waals surface area contributed by atoms with Gasteiger partial charge in [0.05, 0.1) is 18.8 Å². The van der Waals surface area contributed by atoms with E-state index in [1.54, 1.807) is 0 Å². The van der Waals surface area contributed by atoms with E-state index in [1.165, 1.54) is 25.0 Å². The first-order chi connectivity index (χ1) is 8.02. The van der Waals surface area contributed by atoms with Crippen molar-refractivity contribution in [3.63, 3.8) is 0 Å². The van der Waals surface area contributed by atoms with E-state index in [9.17, 15) is 5.11 Å². The summed E-state index contributed by atoms with van der Waals surface area (Å²) in [6.07, 6.45) is 5.57. The van der Waals surface area contributed by atoms with Crippen molar-refractivity contribution in [3.05, 3.63) is 11.6 Å². The topological polar surface area (TPSA) is 32.7 Å². The van der Waals surface area contributed by atoms with Crippen molar-refractivity contribution in [2.75, 3.05) is 19.7 Å². The molecule has 98 valence electrons. The van der Waals surface area contributed by atoms with Gasteiger partial charge in [0.25, 0.3) is 0 Å². The molecular weight excluding hydrogens is 214 g/mol. The molecule has 0 amide bonds. The molecule has 0 unspecified atom stereocenters. The van der Waals surface area contributed by atoms with Crippen molar-refractivity contribution in [1.82, 2.24) is 4.90 Å². The van der Waals surface area contributed by atoms with Crippen LogP contribution in [0.3, 0.4) is 0 Å². The molecule has 2 saturated heterocycles. The second-order valence-electron chi connectivity index (χ2n) is 5.85. The fraction of sp³-hybridized carbons (Fsp3) is 0.857. The molecule has 0 radical (unpaired) electrons. The van der Waals surface area contributed by atoms with Crippen molar-refractivity contribution in [2.24, 2.45) is 0 Å². The van der Waals surface area contributed by atoms with Crippen LogP contribution >= 0.6 is 0 Å². The first-order valence-electron chi connectivity index (χ1n) is 6.76. The van der Waals surface area contributed by atoms with Crippen molar-refractivity contribution >= 4 is 0 Å². The molecule has 0 aromatic rings. The predicted octanol–water partition coefficient (Wildman–Crippen LogP) is 1.96. The van der Waals surface area contributed by atoms with Crippen LogP contribution in [-0.2, 0) is 4.74 Å². The van der Waals surface area contributed by atoms with Gasteiger partial charge in [-0.2, -0.15) is 0 Å². The van der Waals surface area contributed by atoms with Crippen molar-refractivity contribution in [1.29, 1.82) is 0 Å². The number of hydrogen-bond acceptors (Lipinski definition) is 3. The van der Waals surface area contributed by atoms with E-state index in [0.717, 1.165) is 19.6 Å². The zero-order valence-corrected chi connectivity index (χ0v) is 11.3. The van der Waals surface area contributed by atoms with Gasteiger partial charge in [0.1, 0.15) is 0 Å². The van der Waals surface area contributed by atoms with Gasteiger partial charge in [-0.3, -0.25) is 4.90 Å². The Kier molecular flexibility index (Phi) is 3.91. The van der Waals surface area contributed by atoms with Crippen LogP contribution in [-0.4, -0.2) is 47.4 Å². The van der Waals surface area contributed by atoms with Crippen LogP contribution in [0.2, 0.25) is 0 Å². The Morgan fingerprint density at radius 2 is 2.24 bits per heavy atom. The molecular formula is C14H25NO2. The highest BCUT2D eigenvalue weighted by Gasteiger charge is 2.46. The van der Waals surface area contributed by atoms with Crippen LogP contribution in [0.1, 0.15) is 40.0 Å². The molecule has 2 atom stereocenters. The molecule has 0 spiro atoms. The van der Waals surface area contributed by atoms with Gasteiger partial charge in [-0.25, -0.2) is 0 Å². The molecule has 0 bridgehead atoms. The van der Waals surface area contributed by atoms with Crippen LogP contribution in [0.25, 0.3) is 0 Å². The lowest BCUT2D eigenvalue weighted by atomic mass is 9.93. The molecule has 2 heterocycles. The predicted molar refractivity (Wildman–Crippen MR) is 69.0 cm³/mol. The summed E-state index contributed by atoms with van der Waals surface area (Å²) in [6.45, 7) is 9.05. The Labute approximate surface area is 104 Å². The number of fused-ring (bicyclic) bond motifs is 1. The van der Waals surface area contributed by atoms with E-state index in [-0.39, 0.29) is 11.6 Å². The summed E-state index contributed by atoms with van der Waals surface area (Å²) in [4.78, 5) is 2.55. The molecule has 3 heteroatoms. The van der Waals surface area contributed by atoms with Gasteiger partial charge < -0.3 is 9.84 Å². The molecule has 0 saturated carbocycles. The van der Waals surface area contributed by atoms with Gasteiger partial charge in [-0.15, -0.1) is 0 Å². The number of ether oxygens (including phenoxy) is 1. The van der Waals surface area contributed by atoms with Crippen LogP contribution in [0, 0.1) is 0 Å². The van der Waals surface area contributed by atoms with Gasteiger partial charge in [0, 0.05) is 12.1 Å². The summed E-state index contributed by atoms with van der Waals surface area (Å²) in [6, 6.07) is 0. The van der Waals surface area contributed by atoms with Crippen molar-refractivity contribution < 1.29 is 9.84 Å². The minimum Gasteiger partial charge on any atom is -0.389 e. The van der Waals surface area contributed by atoms with E-state index >= 15 is 0 Å². The Morgan fingerprint density at radius 1 is 1.47 bits per heavy atom. The summed E-state index contributed by atoms with van der Waals surface area (Å²) in [7, 11) is 0. The molecule has 2 fully saturated rings. The van der Waals surface area contributed by atoms with E-state index < -0.39 is 0 Å². The molecule has 2 aliphatic heterocycles. The Balaban J connectivity index is 2.04. The fourth-order valence-electron chi connectivity index (χ4n) is 3.15. The first kappa shape index (κ1) is 13.1. The normalized spacial score (nSPS) is 33.6. The zero-order chi connectivity index (χ0) is 12.5. The Morgan fingerprint density at radius 3 is 2.88 bits per heavy atom. The molecule has 1 N–H and O–H groups in total. The van der Waals surface area contributed by atoms with Crippen LogP contribution in [0.4, 0.5) is 0 Å². The molecule has 2 rings (SSSR count). The number of aliphatic hydroxyl groups excluding tert-OH is 1. The highest BCUT2D eigenvalue weighted by Crippen LogP contribution is 2.41. The van der Waals surface area contributed by atoms with Crippen LogP contribution in [0.5, 0.6) is 0 Å². The maximum absolute atomic E-state index is 9.45. The lowest BCUT2D eigenvalue weighted by Gasteiger charge is -2.32. The summed E-state index contributed by atoms with van der Waals surface area (Å²) in [5, 5.41) is 9.45. The van der Waals surface area contributed by atoms with Gasteiger partial charge in [-0.05, 0) is 46.6 Å². The monoisotopic (exact) mass is 239 g/mol. The van der Waals surface area contributed by atoms with Crippen LogP contribution < -0.4 is 0 Å². The quantitative estimate of drug-likeness (QED) is 0.761. The highest BCUT2D eigenvalue weighted by atomic mass is 16.5. The number of rotatable bonds is 4. The number of aliphatic hydroxyl groups is 1. The lowest BCUT2D eigenvalue weighted by molar-refractivity contribution is 0.00328. The smallest absolute Gasteiger partial charge is 0.0695 e. The van der Waals surface area contributed by atoms with Gasteiger partial charge >= 0.3 is 0 Å². The summed E-state index contributed by atoms with van der Waals surface area (Å²) in [5.41, 5.74) is 1.61. The third-order valence-corrected chi connectivity index (χ3v) is 3.85. The van der Waals surface area contributed by atoms with Gasteiger partial charge in [0.2, 0.25) is 0 Å². The van der Waals surface area contributed by atoms with E-state index in [2.05, 4.69) is 18.7 Å².